The van der Waals surface area contributed by atoms with Crippen LogP contribution < -0.4 is 11.1 Å². The van der Waals surface area contributed by atoms with Gasteiger partial charge in [-0.2, -0.15) is 9.61 Å². The Morgan fingerprint density at radius 1 is 1.36 bits per heavy atom. The number of rotatable bonds is 5. The molecule has 0 saturated heterocycles. The van der Waals surface area contributed by atoms with Crippen molar-refractivity contribution in [3.63, 3.8) is 0 Å². The number of nitrogens with one attached hydrogen (secondary N) is 1. The first kappa shape index (κ1) is 17.0. The fourth-order valence-corrected chi connectivity index (χ4v) is 3.31. The van der Waals surface area contributed by atoms with Crippen LogP contribution in [0.15, 0.2) is 18.3 Å². The molecule has 2 aromatic heterocycles. The van der Waals surface area contributed by atoms with Crippen molar-refractivity contribution < 1.29 is 0 Å². The quantitative estimate of drug-likeness (QED) is 0.885. The topological polar surface area (TPSA) is 68.2 Å². The van der Waals surface area contributed by atoms with Crippen LogP contribution in [0, 0.1) is 0 Å². The zero-order chi connectivity index (χ0) is 14.8. The zero-order valence-corrected chi connectivity index (χ0v) is 14.1. The highest BCUT2D eigenvalue weighted by atomic mass is 35.5. The molecule has 0 unspecified atom stereocenters. The number of anilines is 1. The molecule has 2 heterocycles. The van der Waals surface area contributed by atoms with Crippen molar-refractivity contribution in [2.75, 3.05) is 5.32 Å². The molecule has 1 aliphatic carbocycles. The van der Waals surface area contributed by atoms with Gasteiger partial charge in [0.2, 0.25) is 0 Å². The Balaban J connectivity index is 0.00000176. The van der Waals surface area contributed by atoms with Gasteiger partial charge in [0.15, 0.2) is 5.65 Å². The second-order valence-electron chi connectivity index (χ2n) is 6.10. The predicted octanol–water partition coefficient (Wildman–Crippen LogP) is 3.35. The lowest BCUT2D eigenvalue weighted by Gasteiger charge is -2.18. The van der Waals surface area contributed by atoms with Crippen molar-refractivity contribution in [3.8, 4) is 0 Å². The molecular weight excluding hydrogens is 298 g/mol. The molecule has 0 spiro atoms. The first-order valence-electron chi connectivity index (χ1n) is 8.08. The smallest absolute Gasteiger partial charge is 0.157 e. The number of aromatic nitrogens is 3. The van der Waals surface area contributed by atoms with Crippen LogP contribution >= 0.6 is 12.4 Å². The Morgan fingerprint density at radius 2 is 2.14 bits per heavy atom. The van der Waals surface area contributed by atoms with Crippen molar-refractivity contribution in [1.82, 2.24) is 14.6 Å². The van der Waals surface area contributed by atoms with E-state index in [0.29, 0.717) is 18.0 Å². The summed E-state index contributed by atoms with van der Waals surface area (Å²) in [5, 5.41) is 8.02. The lowest BCUT2D eigenvalue weighted by atomic mass is 9.99. The number of nitrogens with zero attached hydrogens (tertiary/aromatic N) is 3. The molecule has 1 aliphatic rings. The van der Waals surface area contributed by atoms with E-state index in [4.69, 9.17) is 10.7 Å². The van der Waals surface area contributed by atoms with Crippen LogP contribution in [0.1, 0.15) is 57.6 Å². The minimum absolute atomic E-state index is 0. The molecule has 1 fully saturated rings. The van der Waals surface area contributed by atoms with E-state index in [1.165, 1.54) is 0 Å². The van der Waals surface area contributed by atoms with Gasteiger partial charge in [-0.25, -0.2) is 4.98 Å². The molecule has 2 atom stereocenters. The molecule has 0 aromatic carbocycles. The van der Waals surface area contributed by atoms with E-state index in [-0.39, 0.29) is 12.4 Å². The zero-order valence-electron chi connectivity index (χ0n) is 13.3. The fraction of sp³-hybridized carbons (Fsp3) is 0.625. The van der Waals surface area contributed by atoms with E-state index < -0.39 is 0 Å². The summed E-state index contributed by atoms with van der Waals surface area (Å²) in [6.07, 6.45) is 7.30. The summed E-state index contributed by atoms with van der Waals surface area (Å²) in [6.45, 7) is 4.44. The van der Waals surface area contributed by atoms with E-state index in [2.05, 4.69) is 30.3 Å². The van der Waals surface area contributed by atoms with Crippen molar-refractivity contribution in [2.24, 2.45) is 5.73 Å². The molecule has 2 aromatic rings. The number of hydrogen-bond acceptors (Lipinski definition) is 4. The summed E-state index contributed by atoms with van der Waals surface area (Å²) in [5.41, 5.74) is 8.10. The second kappa shape index (κ2) is 7.29. The van der Waals surface area contributed by atoms with E-state index >= 15 is 0 Å². The van der Waals surface area contributed by atoms with Crippen LogP contribution in [0.25, 0.3) is 5.65 Å². The summed E-state index contributed by atoms with van der Waals surface area (Å²) in [5.74, 6) is 1.56. The predicted molar refractivity (Wildman–Crippen MR) is 92.8 cm³/mol. The summed E-state index contributed by atoms with van der Waals surface area (Å²) >= 11 is 0. The number of hydrogen-bond donors (Lipinski definition) is 2. The molecule has 1 saturated carbocycles. The molecule has 3 N–H and O–H groups in total. The molecule has 0 bridgehead atoms. The molecule has 0 radical (unpaired) electrons. The van der Waals surface area contributed by atoms with E-state index in [1.807, 2.05) is 16.8 Å². The largest absolute Gasteiger partial charge is 0.367 e. The first-order chi connectivity index (χ1) is 10.2. The van der Waals surface area contributed by atoms with Gasteiger partial charge < -0.3 is 11.1 Å². The van der Waals surface area contributed by atoms with Gasteiger partial charge in [0.1, 0.15) is 5.82 Å². The third kappa shape index (κ3) is 3.36. The van der Waals surface area contributed by atoms with Crippen LogP contribution in [0.2, 0.25) is 0 Å². The SMILES string of the molecule is CCC(CC)c1cc(N[C@H]2CC[C@H](N)C2)n2nccc2n1.Cl. The van der Waals surface area contributed by atoms with Gasteiger partial charge in [0.05, 0.1) is 6.20 Å². The van der Waals surface area contributed by atoms with Crippen molar-refractivity contribution in [2.45, 2.75) is 64.0 Å². The molecule has 122 valence electrons. The van der Waals surface area contributed by atoms with Gasteiger partial charge in [0, 0.05) is 35.8 Å². The third-order valence-electron chi connectivity index (χ3n) is 4.61. The highest BCUT2D eigenvalue weighted by molar-refractivity contribution is 5.85. The van der Waals surface area contributed by atoms with E-state index in [0.717, 1.165) is 49.3 Å². The Morgan fingerprint density at radius 3 is 2.77 bits per heavy atom. The summed E-state index contributed by atoms with van der Waals surface area (Å²) in [6, 6.07) is 4.92. The lowest BCUT2D eigenvalue weighted by Crippen LogP contribution is -2.22. The maximum atomic E-state index is 6.02. The maximum absolute atomic E-state index is 6.02. The van der Waals surface area contributed by atoms with Crippen molar-refractivity contribution in [1.29, 1.82) is 0 Å². The molecule has 5 nitrogen and oxygen atoms in total. The van der Waals surface area contributed by atoms with Gasteiger partial charge in [-0.1, -0.05) is 13.8 Å². The van der Waals surface area contributed by atoms with Gasteiger partial charge in [-0.05, 0) is 32.1 Å². The first-order valence-corrected chi connectivity index (χ1v) is 8.08. The standard InChI is InChI=1S/C16H25N5.ClH/c1-3-11(4-2)14-10-16(19-13-6-5-12(17)9-13)21-15(20-14)7-8-18-21;/h7-8,10-13,19H,3-6,9,17H2,1-2H3;1H/t12-,13-;/m0./s1. The Kier molecular flexibility index (Phi) is 5.64. The van der Waals surface area contributed by atoms with Gasteiger partial charge in [-0.15, -0.1) is 12.4 Å². The summed E-state index contributed by atoms with van der Waals surface area (Å²) in [4.78, 5) is 4.76. The van der Waals surface area contributed by atoms with E-state index in [1.54, 1.807) is 0 Å². The molecule has 0 aliphatic heterocycles. The van der Waals surface area contributed by atoms with Crippen molar-refractivity contribution >= 4 is 23.9 Å². The Hall–Kier alpha value is -1.33. The minimum atomic E-state index is 0. The normalized spacial score (nSPS) is 21.3. The average Bonchev–Trinajstić information content (AvgIpc) is 3.09. The van der Waals surface area contributed by atoms with E-state index in [9.17, 15) is 0 Å². The second-order valence-corrected chi connectivity index (χ2v) is 6.10. The Bertz CT molecular complexity index is 608. The molecule has 0 amide bonds. The lowest BCUT2D eigenvalue weighted by molar-refractivity contribution is 0.621. The Labute approximate surface area is 138 Å². The van der Waals surface area contributed by atoms with Crippen LogP contribution in [-0.2, 0) is 0 Å². The highest BCUT2D eigenvalue weighted by Crippen LogP contribution is 2.27. The highest BCUT2D eigenvalue weighted by Gasteiger charge is 2.23. The van der Waals surface area contributed by atoms with Crippen LogP contribution in [0.4, 0.5) is 5.82 Å². The fourth-order valence-electron chi connectivity index (χ4n) is 3.31. The van der Waals surface area contributed by atoms with Crippen molar-refractivity contribution in [3.05, 3.63) is 24.0 Å². The van der Waals surface area contributed by atoms with Gasteiger partial charge >= 0.3 is 0 Å². The third-order valence-corrected chi connectivity index (χ3v) is 4.61. The van der Waals surface area contributed by atoms with Gasteiger partial charge in [0.25, 0.3) is 0 Å². The molecule has 22 heavy (non-hydrogen) atoms. The van der Waals surface area contributed by atoms with Gasteiger partial charge in [-0.3, -0.25) is 0 Å². The maximum Gasteiger partial charge on any atom is 0.157 e. The number of halogens is 1. The molecule has 6 heteroatoms. The number of fused-ring (bicyclic) bond motifs is 1. The monoisotopic (exact) mass is 323 g/mol. The number of nitrogens with two attached hydrogens (primary N) is 1. The van der Waals surface area contributed by atoms with Crippen LogP contribution in [0.3, 0.4) is 0 Å². The van der Waals surface area contributed by atoms with Crippen LogP contribution in [-0.4, -0.2) is 26.7 Å². The van der Waals surface area contributed by atoms with Crippen LogP contribution in [0.5, 0.6) is 0 Å². The average molecular weight is 324 g/mol. The summed E-state index contributed by atoms with van der Waals surface area (Å²) < 4.78 is 1.90. The summed E-state index contributed by atoms with van der Waals surface area (Å²) in [7, 11) is 0. The minimum Gasteiger partial charge on any atom is -0.367 e. The molecule has 3 rings (SSSR count). The molecular formula is C16H26ClN5.